The maximum absolute atomic E-state index is 13.2. The van der Waals surface area contributed by atoms with Gasteiger partial charge in [0, 0.05) is 44.1 Å². The highest BCUT2D eigenvalue weighted by molar-refractivity contribution is 5.76. The average Bonchev–Trinajstić information content (AvgIpc) is 2.97. The number of hydrogen-bond donors (Lipinski definition) is 1. The lowest BCUT2D eigenvalue weighted by Gasteiger charge is -2.61. The molecule has 1 N–H and O–H groups in total. The van der Waals surface area contributed by atoms with E-state index in [2.05, 4.69) is 56.1 Å². The van der Waals surface area contributed by atoms with Crippen molar-refractivity contribution in [2.75, 3.05) is 26.2 Å². The third kappa shape index (κ3) is 8.63. The van der Waals surface area contributed by atoms with Gasteiger partial charge in [-0.2, -0.15) is 0 Å². The third-order valence-electron chi connectivity index (χ3n) is 9.80. The number of carbonyl (C=O) groups is 3. The Balaban J connectivity index is 1.58. The molecule has 1 saturated heterocycles. The van der Waals surface area contributed by atoms with Crippen LogP contribution in [0.15, 0.2) is 67.3 Å². The summed E-state index contributed by atoms with van der Waals surface area (Å²) in [6.07, 6.45) is 9.25. The van der Waals surface area contributed by atoms with Gasteiger partial charge in [-0.15, -0.1) is 0 Å². The molecule has 1 amide bonds. The van der Waals surface area contributed by atoms with Crippen LogP contribution in [0.5, 0.6) is 5.75 Å². The molecule has 0 radical (unpaired) electrons. The van der Waals surface area contributed by atoms with Crippen LogP contribution in [0, 0.1) is 5.92 Å². The van der Waals surface area contributed by atoms with Gasteiger partial charge >= 0.3 is 11.9 Å². The van der Waals surface area contributed by atoms with Crippen LogP contribution in [-0.4, -0.2) is 60.2 Å². The Morgan fingerprint density at radius 2 is 1.80 bits per heavy atom. The normalized spacial score (nSPS) is 26.0. The smallest absolute Gasteiger partial charge is 0.308 e. The van der Waals surface area contributed by atoms with E-state index in [1.54, 1.807) is 6.07 Å². The summed E-state index contributed by atoms with van der Waals surface area (Å²) in [5, 5.41) is 3.36. The first-order chi connectivity index (χ1) is 21.5. The van der Waals surface area contributed by atoms with Gasteiger partial charge in [0.25, 0.3) is 0 Å². The average molecular weight is 618 g/mol. The van der Waals surface area contributed by atoms with Crippen LogP contribution in [0.1, 0.15) is 90.2 Å². The standard InChI is InChI=1S/C38H52N2O5/c1-6-23-40(27-29(2)3)24-22-37(33-17-13-18-35(25-33)44-30(4)41)26-34(20-21-38(37,28-40)45-31(5)42)39-36(43)19-12-8-11-16-32-14-9-7-10-15-32/h6-7,9-10,13-15,17-18,25,29,34H,1,8,11-12,16,19-24,26-28H2,2-5H3/p+1/t34-,37-,38?,40+/m1/s1. The zero-order chi connectivity index (χ0) is 32.5. The fraction of sp³-hybridized carbons (Fsp3) is 0.553. The molecule has 1 aliphatic heterocycles. The Kier molecular flexibility index (Phi) is 11.6. The minimum absolute atomic E-state index is 0.0487. The Hall–Kier alpha value is -3.45. The molecule has 1 unspecified atom stereocenters. The van der Waals surface area contributed by atoms with Crippen molar-refractivity contribution in [2.45, 2.75) is 103 Å². The number of nitrogens with zero attached hydrogens (tertiary/aromatic N) is 1. The number of piperidine rings is 1. The largest absolute Gasteiger partial charge is 0.452 e. The second-order valence-corrected chi connectivity index (χ2v) is 13.9. The summed E-state index contributed by atoms with van der Waals surface area (Å²) in [6, 6.07) is 18.1. The number of unbranched alkanes of at least 4 members (excludes halogenated alkanes) is 2. The van der Waals surface area contributed by atoms with Gasteiger partial charge in [-0.3, -0.25) is 14.4 Å². The summed E-state index contributed by atoms with van der Waals surface area (Å²) in [5.74, 6) is 0.345. The number of rotatable bonds is 14. The molecule has 1 aliphatic carbocycles. The van der Waals surface area contributed by atoms with E-state index in [4.69, 9.17) is 9.47 Å². The lowest BCUT2D eigenvalue weighted by Crippen LogP contribution is -2.74. The molecule has 244 valence electrons. The Morgan fingerprint density at radius 1 is 1.02 bits per heavy atom. The molecule has 2 aromatic carbocycles. The number of amides is 1. The van der Waals surface area contributed by atoms with Crippen molar-refractivity contribution in [3.05, 3.63) is 78.4 Å². The van der Waals surface area contributed by atoms with Crippen LogP contribution in [0.4, 0.5) is 0 Å². The Labute approximate surface area is 270 Å². The number of likely N-dealkylation sites (tertiary alicyclic amines) is 1. The van der Waals surface area contributed by atoms with E-state index in [9.17, 15) is 14.4 Å². The van der Waals surface area contributed by atoms with Gasteiger partial charge in [-0.05, 0) is 67.9 Å². The van der Waals surface area contributed by atoms with E-state index >= 15 is 0 Å². The predicted molar refractivity (Wildman–Crippen MR) is 178 cm³/mol. The summed E-state index contributed by atoms with van der Waals surface area (Å²) in [7, 11) is 0. The third-order valence-corrected chi connectivity index (χ3v) is 9.80. The highest BCUT2D eigenvalue weighted by Gasteiger charge is 2.65. The van der Waals surface area contributed by atoms with Crippen molar-refractivity contribution >= 4 is 17.8 Å². The number of quaternary nitrogens is 1. The summed E-state index contributed by atoms with van der Waals surface area (Å²) >= 11 is 0. The number of ether oxygens (including phenoxy) is 2. The number of esters is 2. The first kappa shape index (κ1) is 34.4. The molecule has 2 aromatic rings. The van der Waals surface area contributed by atoms with Gasteiger partial charge in [0.1, 0.15) is 12.3 Å². The summed E-state index contributed by atoms with van der Waals surface area (Å²) in [4.78, 5) is 38.0. The molecule has 0 aromatic heterocycles. The number of aryl methyl sites for hydroxylation is 1. The molecule has 7 heteroatoms. The zero-order valence-corrected chi connectivity index (χ0v) is 27.8. The Bertz CT molecular complexity index is 1330. The van der Waals surface area contributed by atoms with Crippen LogP contribution in [0.25, 0.3) is 0 Å². The molecule has 7 nitrogen and oxygen atoms in total. The second-order valence-electron chi connectivity index (χ2n) is 13.9. The van der Waals surface area contributed by atoms with Gasteiger partial charge in [0.15, 0.2) is 5.60 Å². The van der Waals surface area contributed by atoms with Crippen molar-refractivity contribution in [2.24, 2.45) is 5.92 Å². The van der Waals surface area contributed by atoms with Crippen LogP contribution >= 0.6 is 0 Å². The molecule has 0 spiro atoms. The van der Waals surface area contributed by atoms with Crippen LogP contribution in [0.2, 0.25) is 0 Å². The van der Waals surface area contributed by atoms with E-state index < -0.39 is 11.0 Å². The first-order valence-electron chi connectivity index (χ1n) is 16.8. The van der Waals surface area contributed by atoms with Gasteiger partial charge in [0.05, 0.1) is 19.6 Å². The summed E-state index contributed by atoms with van der Waals surface area (Å²) < 4.78 is 12.8. The number of benzene rings is 2. The van der Waals surface area contributed by atoms with Crippen LogP contribution in [-0.2, 0) is 31.0 Å². The first-order valence-corrected chi connectivity index (χ1v) is 16.8. The quantitative estimate of drug-likeness (QED) is 0.0841. The van der Waals surface area contributed by atoms with Crippen LogP contribution < -0.4 is 10.1 Å². The maximum atomic E-state index is 13.2. The Morgan fingerprint density at radius 3 is 2.49 bits per heavy atom. The zero-order valence-electron chi connectivity index (χ0n) is 27.8. The van der Waals surface area contributed by atoms with E-state index in [0.29, 0.717) is 37.5 Å². The molecule has 2 aliphatic rings. The van der Waals surface area contributed by atoms with Crippen molar-refractivity contribution in [1.82, 2.24) is 5.32 Å². The SMILES string of the molecule is C=CC[N@@+]1(CC(C)C)CC[C@]2(c3cccc(OC(C)=O)c3)C[C@H](NC(=O)CCCCCc3ccccc3)CCC2(OC(C)=O)C1. The molecular weight excluding hydrogens is 564 g/mol. The molecular formula is C38H53N2O5+. The fourth-order valence-electron chi connectivity index (χ4n) is 8.26. The molecule has 4 atom stereocenters. The fourth-order valence-corrected chi connectivity index (χ4v) is 8.26. The van der Waals surface area contributed by atoms with Crippen LogP contribution in [0.3, 0.4) is 0 Å². The lowest BCUT2D eigenvalue weighted by atomic mass is 9.54. The van der Waals surface area contributed by atoms with Crippen molar-refractivity contribution < 1.29 is 28.3 Å². The summed E-state index contributed by atoms with van der Waals surface area (Å²) in [6.45, 7) is 14.8. The lowest BCUT2D eigenvalue weighted by molar-refractivity contribution is -0.938. The minimum Gasteiger partial charge on any atom is -0.452 e. The van der Waals surface area contributed by atoms with E-state index in [1.165, 1.54) is 19.4 Å². The molecule has 1 saturated carbocycles. The highest BCUT2D eigenvalue weighted by atomic mass is 16.6. The predicted octanol–water partition coefficient (Wildman–Crippen LogP) is 6.69. The van der Waals surface area contributed by atoms with Gasteiger partial charge < -0.3 is 19.3 Å². The van der Waals surface area contributed by atoms with Gasteiger partial charge in [0.2, 0.25) is 5.91 Å². The highest BCUT2D eigenvalue weighted by Crippen LogP contribution is 2.55. The molecule has 4 rings (SSSR count). The number of carbonyl (C=O) groups excluding carboxylic acids is 3. The molecule has 2 fully saturated rings. The maximum Gasteiger partial charge on any atom is 0.308 e. The van der Waals surface area contributed by atoms with E-state index in [1.807, 2.05) is 24.3 Å². The number of nitrogens with one attached hydrogen (secondary N) is 1. The van der Waals surface area contributed by atoms with E-state index in [-0.39, 0.29) is 23.9 Å². The van der Waals surface area contributed by atoms with Gasteiger partial charge in [-0.25, -0.2) is 0 Å². The van der Waals surface area contributed by atoms with Gasteiger partial charge in [-0.1, -0.05) is 69.3 Å². The monoisotopic (exact) mass is 617 g/mol. The molecule has 45 heavy (non-hydrogen) atoms. The molecule has 0 bridgehead atoms. The second kappa shape index (κ2) is 15.2. The topological polar surface area (TPSA) is 81.7 Å². The molecule has 1 heterocycles. The minimum atomic E-state index is -0.775. The van der Waals surface area contributed by atoms with Crippen molar-refractivity contribution in [3.63, 3.8) is 0 Å². The number of fused-ring (bicyclic) bond motifs is 1. The summed E-state index contributed by atoms with van der Waals surface area (Å²) in [5.41, 5.74) is 0.992. The number of hydrogen-bond acceptors (Lipinski definition) is 5. The van der Waals surface area contributed by atoms with E-state index in [0.717, 1.165) is 68.2 Å². The van der Waals surface area contributed by atoms with Crippen molar-refractivity contribution in [3.8, 4) is 5.75 Å². The van der Waals surface area contributed by atoms with Crippen molar-refractivity contribution in [1.29, 1.82) is 0 Å².